The van der Waals surface area contributed by atoms with E-state index < -0.39 is 12.0 Å². The summed E-state index contributed by atoms with van der Waals surface area (Å²) in [6.45, 7) is 2.92. The van der Waals surface area contributed by atoms with Gasteiger partial charge in [0.15, 0.2) is 0 Å². The van der Waals surface area contributed by atoms with E-state index >= 15 is 0 Å². The average Bonchev–Trinajstić information content (AvgIpc) is 2.61. The summed E-state index contributed by atoms with van der Waals surface area (Å²) in [5.41, 5.74) is 2.19. The standard InChI is InChI=1S/C14H18N2O3/c1-2-10-5-3-4-6-12(10)16-8-7-13(17)15-11(9-16)14(18)19/h3-6,11H,2,7-9H2,1H3,(H,15,17)(H,18,19). The summed E-state index contributed by atoms with van der Waals surface area (Å²) >= 11 is 0. The quantitative estimate of drug-likeness (QED) is 0.853. The number of rotatable bonds is 3. The number of carboxylic acid groups (broad SMARTS) is 1. The molecule has 1 aliphatic rings. The number of anilines is 1. The zero-order chi connectivity index (χ0) is 13.8. The molecule has 0 saturated carbocycles. The summed E-state index contributed by atoms with van der Waals surface area (Å²) in [7, 11) is 0. The van der Waals surface area contributed by atoms with Crippen molar-refractivity contribution in [1.82, 2.24) is 5.32 Å². The highest BCUT2D eigenvalue weighted by Gasteiger charge is 2.27. The van der Waals surface area contributed by atoms with Crippen molar-refractivity contribution in [2.24, 2.45) is 0 Å². The molecule has 2 N–H and O–H groups in total. The lowest BCUT2D eigenvalue weighted by molar-refractivity contribution is -0.141. The predicted molar refractivity (Wildman–Crippen MR) is 72.2 cm³/mol. The lowest BCUT2D eigenvalue weighted by atomic mass is 10.1. The number of carbonyl (C=O) groups excluding carboxylic acids is 1. The molecule has 2 rings (SSSR count). The number of aliphatic carboxylic acids is 1. The summed E-state index contributed by atoms with van der Waals surface area (Å²) in [5, 5.41) is 11.7. The van der Waals surface area contributed by atoms with Crippen molar-refractivity contribution < 1.29 is 14.7 Å². The molecule has 0 bridgehead atoms. The molecule has 1 atom stereocenters. The second kappa shape index (κ2) is 5.73. The van der Waals surface area contributed by atoms with Crippen LogP contribution in [-0.2, 0) is 16.0 Å². The van der Waals surface area contributed by atoms with Crippen LogP contribution in [0.3, 0.4) is 0 Å². The lowest BCUT2D eigenvalue weighted by Crippen LogP contribution is -2.45. The number of hydrogen-bond acceptors (Lipinski definition) is 3. The van der Waals surface area contributed by atoms with E-state index in [0.29, 0.717) is 19.5 Å². The third-order valence-electron chi connectivity index (χ3n) is 3.36. The van der Waals surface area contributed by atoms with Gasteiger partial charge in [-0.15, -0.1) is 0 Å². The molecule has 5 nitrogen and oxygen atoms in total. The molecule has 1 aliphatic heterocycles. The summed E-state index contributed by atoms with van der Waals surface area (Å²) in [4.78, 5) is 24.7. The number of para-hydroxylation sites is 1. The molecule has 0 spiro atoms. The highest BCUT2D eigenvalue weighted by molar-refractivity contribution is 5.85. The van der Waals surface area contributed by atoms with E-state index in [-0.39, 0.29) is 5.91 Å². The first-order valence-electron chi connectivity index (χ1n) is 6.47. The third-order valence-corrected chi connectivity index (χ3v) is 3.36. The second-order valence-corrected chi connectivity index (χ2v) is 4.64. The fourth-order valence-electron chi connectivity index (χ4n) is 2.34. The zero-order valence-corrected chi connectivity index (χ0v) is 10.9. The molecular weight excluding hydrogens is 244 g/mol. The van der Waals surface area contributed by atoms with Crippen molar-refractivity contribution in [2.45, 2.75) is 25.8 Å². The molecular formula is C14H18N2O3. The number of nitrogens with zero attached hydrogens (tertiary/aromatic N) is 1. The maximum Gasteiger partial charge on any atom is 0.328 e. The van der Waals surface area contributed by atoms with Gasteiger partial charge in [-0.1, -0.05) is 25.1 Å². The van der Waals surface area contributed by atoms with E-state index in [4.69, 9.17) is 5.11 Å². The molecule has 1 aromatic carbocycles. The van der Waals surface area contributed by atoms with E-state index in [1.54, 1.807) is 0 Å². The van der Waals surface area contributed by atoms with E-state index in [9.17, 15) is 9.59 Å². The maximum absolute atomic E-state index is 11.5. The van der Waals surface area contributed by atoms with Crippen LogP contribution in [-0.4, -0.2) is 36.1 Å². The molecule has 0 radical (unpaired) electrons. The van der Waals surface area contributed by atoms with Gasteiger partial charge >= 0.3 is 5.97 Å². The fraction of sp³-hybridized carbons (Fsp3) is 0.429. The SMILES string of the molecule is CCc1ccccc1N1CCC(=O)NC(C(=O)O)C1. The van der Waals surface area contributed by atoms with Gasteiger partial charge in [0.1, 0.15) is 6.04 Å². The Kier molecular flexibility index (Phi) is 4.04. The normalized spacial score (nSPS) is 19.7. The van der Waals surface area contributed by atoms with E-state index in [0.717, 1.165) is 12.1 Å². The van der Waals surface area contributed by atoms with E-state index in [1.807, 2.05) is 29.2 Å². The molecule has 1 heterocycles. The summed E-state index contributed by atoms with van der Waals surface area (Å²) < 4.78 is 0. The molecule has 0 aromatic heterocycles. The van der Waals surface area contributed by atoms with Gasteiger partial charge in [0.2, 0.25) is 5.91 Å². The number of nitrogens with one attached hydrogen (secondary N) is 1. The smallest absolute Gasteiger partial charge is 0.328 e. The molecule has 1 amide bonds. The highest BCUT2D eigenvalue weighted by Crippen LogP contribution is 2.22. The molecule has 1 unspecified atom stereocenters. The summed E-state index contributed by atoms with van der Waals surface area (Å²) in [6.07, 6.45) is 1.20. The maximum atomic E-state index is 11.5. The molecule has 0 aliphatic carbocycles. The van der Waals surface area contributed by atoms with Crippen LogP contribution in [0.4, 0.5) is 5.69 Å². The van der Waals surface area contributed by atoms with Crippen LogP contribution < -0.4 is 10.2 Å². The Morgan fingerprint density at radius 3 is 2.89 bits per heavy atom. The van der Waals surface area contributed by atoms with Gasteiger partial charge in [-0.05, 0) is 18.1 Å². The van der Waals surface area contributed by atoms with E-state index in [1.165, 1.54) is 5.56 Å². The van der Waals surface area contributed by atoms with Crippen LogP contribution in [0.2, 0.25) is 0 Å². The van der Waals surface area contributed by atoms with Crippen LogP contribution in [0, 0.1) is 0 Å². The number of carbonyl (C=O) groups is 2. The minimum absolute atomic E-state index is 0.205. The molecule has 102 valence electrons. The van der Waals surface area contributed by atoms with Crippen LogP contribution in [0.15, 0.2) is 24.3 Å². The van der Waals surface area contributed by atoms with Crippen molar-refractivity contribution >= 4 is 17.6 Å². The topological polar surface area (TPSA) is 69.6 Å². The van der Waals surface area contributed by atoms with Crippen LogP contribution in [0.1, 0.15) is 18.9 Å². The van der Waals surface area contributed by atoms with Gasteiger partial charge in [-0.2, -0.15) is 0 Å². The Labute approximate surface area is 112 Å². The van der Waals surface area contributed by atoms with Crippen molar-refractivity contribution in [3.63, 3.8) is 0 Å². The largest absolute Gasteiger partial charge is 0.480 e. The van der Waals surface area contributed by atoms with Crippen LogP contribution >= 0.6 is 0 Å². The van der Waals surface area contributed by atoms with Crippen molar-refractivity contribution in [2.75, 3.05) is 18.0 Å². The fourth-order valence-corrected chi connectivity index (χ4v) is 2.34. The molecule has 1 aromatic rings. The molecule has 1 fully saturated rings. The molecule has 1 saturated heterocycles. The monoisotopic (exact) mass is 262 g/mol. The number of hydrogen-bond donors (Lipinski definition) is 2. The Hall–Kier alpha value is -2.04. The van der Waals surface area contributed by atoms with E-state index in [2.05, 4.69) is 12.2 Å². The van der Waals surface area contributed by atoms with Gasteiger partial charge in [-0.3, -0.25) is 4.79 Å². The van der Waals surface area contributed by atoms with Crippen LogP contribution in [0.25, 0.3) is 0 Å². The average molecular weight is 262 g/mol. The van der Waals surface area contributed by atoms with Gasteiger partial charge in [-0.25, -0.2) is 4.79 Å². The lowest BCUT2D eigenvalue weighted by Gasteiger charge is -2.26. The number of benzene rings is 1. The van der Waals surface area contributed by atoms with Gasteiger partial charge in [0, 0.05) is 25.2 Å². The summed E-state index contributed by atoms with van der Waals surface area (Å²) in [5.74, 6) is -1.20. The second-order valence-electron chi connectivity index (χ2n) is 4.64. The third kappa shape index (κ3) is 3.05. The highest BCUT2D eigenvalue weighted by atomic mass is 16.4. The number of aryl methyl sites for hydroxylation is 1. The Bertz CT molecular complexity index is 487. The minimum atomic E-state index is -0.991. The summed E-state index contributed by atoms with van der Waals surface area (Å²) in [6, 6.07) is 7.07. The zero-order valence-electron chi connectivity index (χ0n) is 10.9. The van der Waals surface area contributed by atoms with Gasteiger partial charge < -0.3 is 15.3 Å². The number of amides is 1. The Morgan fingerprint density at radius 2 is 2.21 bits per heavy atom. The molecule has 5 heteroatoms. The van der Waals surface area contributed by atoms with Crippen molar-refractivity contribution in [3.05, 3.63) is 29.8 Å². The predicted octanol–water partition coefficient (Wildman–Crippen LogP) is 1.03. The first-order valence-corrected chi connectivity index (χ1v) is 6.47. The first-order chi connectivity index (χ1) is 9.11. The van der Waals surface area contributed by atoms with Gasteiger partial charge in [0.25, 0.3) is 0 Å². The first kappa shape index (κ1) is 13.4. The van der Waals surface area contributed by atoms with Crippen LogP contribution in [0.5, 0.6) is 0 Å². The number of carboxylic acids is 1. The van der Waals surface area contributed by atoms with Gasteiger partial charge in [0.05, 0.1) is 0 Å². The molecule has 19 heavy (non-hydrogen) atoms. The van der Waals surface area contributed by atoms with Crippen molar-refractivity contribution in [3.8, 4) is 0 Å². The Morgan fingerprint density at radius 1 is 1.47 bits per heavy atom. The Balaban J connectivity index is 2.27. The van der Waals surface area contributed by atoms with Crippen molar-refractivity contribution in [1.29, 1.82) is 0 Å². The minimum Gasteiger partial charge on any atom is -0.480 e.